The van der Waals surface area contributed by atoms with Crippen LogP contribution in [-0.2, 0) is 32.0 Å². The van der Waals surface area contributed by atoms with E-state index in [2.05, 4.69) is 15.6 Å². The second-order valence-corrected chi connectivity index (χ2v) is 9.41. The number of phenolic OH excluding ortho intramolecular Hbond substituents is 1. The highest BCUT2D eigenvalue weighted by Crippen LogP contribution is 2.22. The first-order valence-corrected chi connectivity index (χ1v) is 12.4. The SMILES string of the molecule is NC(Cc1c[nH]c2ccccc12)C(=O)N1CCCC1C(=O)NCC(=O)NC(Cc1ccc(O)cc1)C(=O)O. The minimum atomic E-state index is -1.23. The van der Waals surface area contributed by atoms with Crippen LogP contribution in [0.3, 0.4) is 0 Å². The molecule has 38 heavy (non-hydrogen) atoms. The van der Waals surface area contributed by atoms with Crippen LogP contribution < -0.4 is 16.4 Å². The van der Waals surface area contributed by atoms with Gasteiger partial charge in [0.15, 0.2) is 0 Å². The van der Waals surface area contributed by atoms with Gasteiger partial charge in [-0.15, -0.1) is 0 Å². The molecule has 4 rings (SSSR count). The number of nitrogens with zero attached hydrogens (tertiary/aromatic N) is 1. The number of amides is 3. The van der Waals surface area contributed by atoms with E-state index in [0.717, 1.165) is 16.5 Å². The minimum Gasteiger partial charge on any atom is -0.508 e. The average Bonchev–Trinajstić information content (AvgIpc) is 3.55. The van der Waals surface area contributed by atoms with Crippen LogP contribution in [0.2, 0.25) is 0 Å². The van der Waals surface area contributed by atoms with Gasteiger partial charge in [0.25, 0.3) is 0 Å². The van der Waals surface area contributed by atoms with Crippen molar-refractivity contribution in [3.05, 3.63) is 65.9 Å². The molecule has 1 aliphatic heterocycles. The number of aliphatic carboxylic acids is 1. The summed E-state index contributed by atoms with van der Waals surface area (Å²) < 4.78 is 0. The topological polar surface area (TPSA) is 178 Å². The monoisotopic (exact) mass is 521 g/mol. The molecule has 1 saturated heterocycles. The van der Waals surface area contributed by atoms with Crippen LogP contribution in [0.4, 0.5) is 0 Å². The molecule has 1 aliphatic rings. The zero-order chi connectivity index (χ0) is 27.2. The number of aromatic nitrogens is 1. The van der Waals surface area contributed by atoms with E-state index in [1.807, 2.05) is 30.5 Å². The van der Waals surface area contributed by atoms with Crippen molar-refractivity contribution in [3.8, 4) is 5.75 Å². The third kappa shape index (κ3) is 6.30. The number of nitrogens with one attached hydrogen (secondary N) is 3. The average molecular weight is 522 g/mol. The Kier molecular flexibility index (Phi) is 8.27. The number of carbonyl (C=O) groups excluding carboxylic acids is 3. The highest BCUT2D eigenvalue weighted by atomic mass is 16.4. The van der Waals surface area contributed by atoms with Crippen LogP contribution in [0.1, 0.15) is 24.0 Å². The number of benzene rings is 2. The molecule has 2 heterocycles. The number of phenols is 1. The fraction of sp³-hybridized carbons (Fsp3) is 0.333. The van der Waals surface area contributed by atoms with Gasteiger partial charge in [0.05, 0.1) is 12.6 Å². The summed E-state index contributed by atoms with van der Waals surface area (Å²) in [6.07, 6.45) is 3.22. The van der Waals surface area contributed by atoms with Gasteiger partial charge in [-0.05, 0) is 48.6 Å². The summed E-state index contributed by atoms with van der Waals surface area (Å²) in [6, 6.07) is 10.9. The lowest BCUT2D eigenvalue weighted by molar-refractivity contribution is -0.142. The lowest BCUT2D eigenvalue weighted by atomic mass is 10.0. The van der Waals surface area contributed by atoms with Gasteiger partial charge in [0, 0.05) is 30.1 Å². The summed E-state index contributed by atoms with van der Waals surface area (Å²) in [6.45, 7) is -0.0451. The van der Waals surface area contributed by atoms with Crippen LogP contribution in [0.5, 0.6) is 5.75 Å². The predicted molar refractivity (Wildman–Crippen MR) is 139 cm³/mol. The van der Waals surface area contributed by atoms with Crippen LogP contribution in [0, 0.1) is 0 Å². The second-order valence-electron chi connectivity index (χ2n) is 9.41. The number of fused-ring (bicyclic) bond motifs is 1. The molecule has 1 fully saturated rings. The fourth-order valence-corrected chi connectivity index (χ4v) is 4.74. The number of likely N-dealkylation sites (tertiary alicyclic amines) is 1. The van der Waals surface area contributed by atoms with Gasteiger partial charge >= 0.3 is 5.97 Å². The van der Waals surface area contributed by atoms with Crippen molar-refractivity contribution < 1.29 is 29.4 Å². The van der Waals surface area contributed by atoms with E-state index in [9.17, 15) is 29.4 Å². The van der Waals surface area contributed by atoms with E-state index >= 15 is 0 Å². The highest BCUT2D eigenvalue weighted by Gasteiger charge is 2.36. The molecule has 3 aromatic rings. The molecule has 0 saturated carbocycles. The number of rotatable bonds is 10. The van der Waals surface area contributed by atoms with Gasteiger partial charge in [0.2, 0.25) is 17.7 Å². The van der Waals surface area contributed by atoms with Crippen LogP contribution in [-0.4, -0.2) is 75.0 Å². The van der Waals surface area contributed by atoms with Gasteiger partial charge in [-0.3, -0.25) is 14.4 Å². The predicted octanol–water partition coefficient (Wildman–Crippen LogP) is 0.663. The normalized spacial score (nSPS) is 16.7. The van der Waals surface area contributed by atoms with Crippen molar-refractivity contribution in [1.82, 2.24) is 20.5 Å². The Morgan fingerprint density at radius 3 is 2.55 bits per heavy atom. The number of aromatic hydroxyl groups is 1. The van der Waals surface area contributed by atoms with Crippen LogP contribution in [0.15, 0.2) is 54.7 Å². The summed E-state index contributed by atoms with van der Waals surface area (Å²) in [5, 5.41) is 24.8. The molecule has 3 unspecified atom stereocenters. The summed E-state index contributed by atoms with van der Waals surface area (Å²) >= 11 is 0. The summed E-state index contributed by atoms with van der Waals surface area (Å²) in [5.74, 6) is -2.68. The van der Waals surface area contributed by atoms with Crippen molar-refractivity contribution in [2.45, 2.75) is 43.8 Å². The summed E-state index contributed by atoms with van der Waals surface area (Å²) in [5.41, 5.74) is 8.73. The first kappa shape index (κ1) is 26.7. The number of nitrogens with two attached hydrogens (primary N) is 1. The Balaban J connectivity index is 1.30. The fourth-order valence-electron chi connectivity index (χ4n) is 4.74. The smallest absolute Gasteiger partial charge is 0.326 e. The number of para-hydroxylation sites is 1. The first-order chi connectivity index (χ1) is 18.2. The molecule has 0 bridgehead atoms. The summed E-state index contributed by atoms with van der Waals surface area (Å²) in [4.78, 5) is 54.6. The Bertz CT molecular complexity index is 1320. The van der Waals surface area contributed by atoms with E-state index in [1.165, 1.54) is 17.0 Å². The Hall–Kier alpha value is -4.38. The molecule has 11 heteroatoms. The van der Waals surface area contributed by atoms with E-state index in [-0.39, 0.29) is 18.1 Å². The molecule has 3 amide bonds. The number of carboxylic acid groups (broad SMARTS) is 1. The van der Waals surface area contributed by atoms with Gasteiger partial charge in [0.1, 0.15) is 17.8 Å². The van der Waals surface area contributed by atoms with Crippen molar-refractivity contribution in [2.24, 2.45) is 5.73 Å². The Labute approximate surface area is 219 Å². The van der Waals surface area contributed by atoms with Crippen LogP contribution >= 0.6 is 0 Å². The first-order valence-electron chi connectivity index (χ1n) is 12.4. The maximum atomic E-state index is 13.1. The Morgan fingerprint density at radius 2 is 1.82 bits per heavy atom. The number of aromatic amines is 1. The quantitative estimate of drug-likeness (QED) is 0.227. The number of hydrogen-bond acceptors (Lipinski definition) is 6. The lowest BCUT2D eigenvalue weighted by Crippen LogP contribution is -2.53. The van der Waals surface area contributed by atoms with Crippen molar-refractivity contribution in [2.75, 3.05) is 13.1 Å². The number of H-pyrrole nitrogens is 1. The minimum absolute atomic E-state index is 0.00845. The molecule has 200 valence electrons. The number of carboxylic acids is 1. The van der Waals surface area contributed by atoms with Crippen molar-refractivity contribution in [3.63, 3.8) is 0 Å². The molecule has 7 N–H and O–H groups in total. The van der Waals surface area contributed by atoms with E-state index in [0.29, 0.717) is 31.4 Å². The van der Waals surface area contributed by atoms with Gasteiger partial charge in [-0.1, -0.05) is 30.3 Å². The molecule has 2 aromatic carbocycles. The van der Waals surface area contributed by atoms with E-state index in [4.69, 9.17) is 5.73 Å². The molecule has 3 atom stereocenters. The zero-order valence-corrected chi connectivity index (χ0v) is 20.7. The highest BCUT2D eigenvalue weighted by molar-refractivity contribution is 5.93. The third-order valence-corrected chi connectivity index (χ3v) is 6.70. The largest absolute Gasteiger partial charge is 0.508 e. The molecular weight excluding hydrogens is 490 g/mol. The molecule has 0 aliphatic carbocycles. The third-order valence-electron chi connectivity index (χ3n) is 6.70. The maximum absolute atomic E-state index is 13.1. The van der Waals surface area contributed by atoms with Gasteiger partial charge in [-0.2, -0.15) is 0 Å². The maximum Gasteiger partial charge on any atom is 0.326 e. The van der Waals surface area contributed by atoms with E-state index in [1.54, 1.807) is 12.1 Å². The molecule has 11 nitrogen and oxygen atoms in total. The Morgan fingerprint density at radius 1 is 1.08 bits per heavy atom. The second kappa shape index (κ2) is 11.8. The number of carbonyl (C=O) groups is 4. The summed E-state index contributed by atoms with van der Waals surface area (Å²) in [7, 11) is 0. The molecule has 1 aromatic heterocycles. The molecule has 0 spiro atoms. The van der Waals surface area contributed by atoms with Gasteiger partial charge in [-0.25, -0.2) is 4.79 Å². The van der Waals surface area contributed by atoms with Crippen molar-refractivity contribution >= 4 is 34.6 Å². The van der Waals surface area contributed by atoms with Crippen LogP contribution in [0.25, 0.3) is 10.9 Å². The molecule has 0 radical (unpaired) electrons. The van der Waals surface area contributed by atoms with Crippen molar-refractivity contribution in [1.29, 1.82) is 0 Å². The standard InChI is InChI=1S/C27H31N5O6/c28-20(13-17-14-29-21-5-2-1-4-19(17)21)26(36)32-11-3-6-23(32)25(35)30-15-24(34)31-22(27(37)38)12-16-7-9-18(33)10-8-16/h1-2,4-5,7-10,14,20,22-23,29,33H,3,6,11-13,15,28H2,(H,30,35)(H,31,34)(H,37,38). The van der Waals surface area contributed by atoms with Gasteiger partial charge < -0.3 is 36.5 Å². The lowest BCUT2D eigenvalue weighted by Gasteiger charge is -2.26. The molecular formula is C27H31N5O6. The zero-order valence-electron chi connectivity index (χ0n) is 20.7. The number of hydrogen-bond donors (Lipinski definition) is 6. The van der Waals surface area contributed by atoms with E-state index < -0.39 is 42.5 Å².